The van der Waals surface area contributed by atoms with Crippen LogP contribution in [0, 0.1) is 0 Å². The molecule has 0 bridgehead atoms. The Labute approximate surface area is 97.7 Å². The van der Waals surface area contributed by atoms with Gasteiger partial charge in [-0.05, 0) is 12.5 Å². The van der Waals surface area contributed by atoms with Crippen LogP contribution in [0.4, 0.5) is 0 Å². The van der Waals surface area contributed by atoms with Crippen molar-refractivity contribution in [1.82, 2.24) is 0 Å². The Morgan fingerprint density at radius 3 is 1.86 bits per heavy atom. The summed E-state index contributed by atoms with van der Waals surface area (Å²) in [5.74, 6) is 0. The molecule has 0 aromatic rings. The quantitative estimate of drug-likeness (QED) is 0.558. The third-order valence-electron chi connectivity index (χ3n) is 2.51. The molecule has 0 saturated heterocycles. The zero-order valence-electron chi connectivity index (χ0n) is 9.73. The molecule has 0 spiro atoms. The van der Waals surface area contributed by atoms with Gasteiger partial charge in [0.15, 0.2) is 15.1 Å². The van der Waals surface area contributed by atoms with Crippen molar-refractivity contribution in [3.05, 3.63) is 0 Å². The second-order valence-corrected chi connectivity index (χ2v) is 16.8. The van der Waals surface area contributed by atoms with Crippen molar-refractivity contribution in [3.8, 4) is 0 Å². The fourth-order valence-electron chi connectivity index (χ4n) is 1.14. The SMILES string of the molecule is BP(=O)(BC(C)(C)P(B)(=O)SC)SC. The van der Waals surface area contributed by atoms with Crippen LogP contribution in [0.1, 0.15) is 13.8 Å². The molecule has 0 amide bonds. The third-order valence-corrected chi connectivity index (χ3v) is 14.2. The van der Waals surface area contributed by atoms with Crippen molar-refractivity contribution in [2.45, 2.75) is 18.9 Å². The van der Waals surface area contributed by atoms with Crippen LogP contribution in [0.15, 0.2) is 0 Å². The zero-order chi connectivity index (χ0) is 11.6. The summed E-state index contributed by atoms with van der Waals surface area (Å²) >= 11 is 2.82. The van der Waals surface area contributed by atoms with Gasteiger partial charge < -0.3 is 9.13 Å². The standard InChI is InChI=1S/C5H17B3O2P2S2/c1-5(2,11(6,9)13-3)8-12(7,10)14-4/h8H,6-7H2,1-4H3. The molecule has 0 aliphatic rings. The van der Waals surface area contributed by atoms with E-state index in [1.165, 1.54) is 22.8 Å². The minimum atomic E-state index is -2.25. The molecule has 2 atom stereocenters. The Kier molecular flexibility index (Phi) is 5.62. The Balaban J connectivity index is 4.83. The molecule has 0 saturated carbocycles. The highest BCUT2D eigenvalue weighted by Crippen LogP contribution is 2.67. The van der Waals surface area contributed by atoms with E-state index in [0.29, 0.717) is 7.00 Å². The summed E-state index contributed by atoms with van der Waals surface area (Å²) in [6.45, 7) is 4.46. The largest absolute Gasteiger partial charge is 0.334 e. The third kappa shape index (κ3) is 4.08. The summed E-state index contributed by atoms with van der Waals surface area (Å²) in [5.41, 5.74) is 0. The summed E-state index contributed by atoms with van der Waals surface area (Å²) in [7, 11) is 3.57. The van der Waals surface area contributed by atoms with Gasteiger partial charge in [-0.1, -0.05) is 13.8 Å². The van der Waals surface area contributed by atoms with Crippen LogP contribution in [-0.2, 0) is 9.13 Å². The van der Waals surface area contributed by atoms with Gasteiger partial charge in [-0.25, -0.2) is 0 Å². The maximum atomic E-state index is 12.2. The van der Waals surface area contributed by atoms with E-state index >= 15 is 0 Å². The highest BCUT2D eigenvalue weighted by Gasteiger charge is 2.40. The molecule has 2 unspecified atom stereocenters. The molecule has 9 heteroatoms. The van der Waals surface area contributed by atoms with Crippen molar-refractivity contribution in [2.75, 3.05) is 12.5 Å². The lowest BCUT2D eigenvalue weighted by Crippen LogP contribution is -2.27. The molecule has 0 fully saturated rings. The summed E-state index contributed by atoms with van der Waals surface area (Å²) < 4.78 is 24.2. The molecular weight excluding hydrogens is 251 g/mol. The molecule has 0 aliphatic heterocycles. The normalized spacial score (nSPS) is 20.9. The van der Waals surface area contributed by atoms with Crippen LogP contribution in [0.3, 0.4) is 0 Å². The summed E-state index contributed by atoms with van der Waals surface area (Å²) in [6, 6.07) is 0. The van der Waals surface area contributed by atoms with Crippen molar-refractivity contribution in [2.24, 2.45) is 0 Å². The van der Waals surface area contributed by atoms with E-state index in [2.05, 4.69) is 0 Å². The first-order valence-electron chi connectivity index (χ1n) is 4.33. The lowest BCUT2D eigenvalue weighted by molar-refractivity contribution is 0.583. The van der Waals surface area contributed by atoms with Gasteiger partial charge in [0, 0.05) is 5.06 Å². The van der Waals surface area contributed by atoms with E-state index < -0.39 is 12.3 Å². The van der Waals surface area contributed by atoms with Crippen LogP contribution < -0.4 is 0 Å². The van der Waals surface area contributed by atoms with Gasteiger partial charge >= 0.3 is 0 Å². The lowest BCUT2D eigenvalue weighted by atomic mass is 9.88. The zero-order valence-corrected chi connectivity index (χ0v) is 13.2. The minimum Gasteiger partial charge on any atom is -0.334 e. The smallest absolute Gasteiger partial charge is 0.215 e. The second kappa shape index (κ2) is 5.12. The van der Waals surface area contributed by atoms with E-state index in [1.807, 2.05) is 26.4 Å². The van der Waals surface area contributed by atoms with E-state index in [9.17, 15) is 9.13 Å². The lowest BCUT2D eigenvalue weighted by Gasteiger charge is -2.32. The number of hydrogen-bond donors (Lipinski definition) is 0. The number of hydrogen-bond acceptors (Lipinski definition) is 4. The molecule has 0 heterocycles. The predicted octanol–water partition coefficient (Wildman–Crippen LogP) is 1.45. The Bertz CT molecular complexity index is 297. The first-order chi connectivity index (χ1) is 6.08. The van der Waals surface area contributed by atoms with Crippen molar-refractivity contribution in [1.29, 1.82) is 0 Å². The highest BCUT2D eigenvalue weighted by molar-refractivity contribution is 8.73. The molecule has 0 aliphatic carbocycles. The van der Waals surface area contributed by atoms with Crippen molar-refractivity contribution in [3.63, 3.8) is 0 Å². The topological polar surface area (TPSA) is 34.1 Å². The Morgan fingerprint density at radius 2 is 1.57 bits per heavy atom. The van der Waals surface area contributed by atoms with Gasteiger partial charge in [-0.15, -0.1) is 22.8 Å². The first-order valence-corrected chi connectivity index (χ1v) is 12.5. The maximum Gasteiger partial charge on any atom is 0.215 e. The molecule has 14 heavy (non-hydrogen) atoms. The molecule has 2 nitrogen and oxygen atoms in total. The van der Waals surface area contributed by atoms with Gasteiger partial charge in [-0.2, -0.15) is 0 Å². The molecular formula is C5H17B3O2P2S2. The molecule has 0 aromatic heterocycles. The average Bonchev–Trinajstić information content (AvgIpc) is 2.02. The molecule has 0 rings (SSSR count). The average molecular weight is 268 g/mol. The van der Waals surface area contributed by atoms with Crippen LogP contribution in [0.2, 0.25) is 0 Å². The fraction of sp³-hybridized carbons (Fsp3) is 1.00. The molecule has 0 aromatic carbocycles. The van der Waals surface area contributed by atoms with Crippen LogP contribution in [-0.4, -0.2) is 39.7 Å². The number of rotatable bonds is 5. The van der Waals surface area contributed by atoms with E-state index in [1.54, 1.807) is 15.1 Å². The minimum absolute atomic E-state index is 0.334. The van der Waals surface area contributed by atoms with E-state index in [0.717, 1.165) is 0 Å². The monoisotopic (exact) mass is 268 g/mol. The molecule has 80 valence electrons. The summed E-state index contributed by atoms with van der Waals surface area (Å²) in [6.07, 6.45) is -0.707. The molecule has 0 radical (unpaired) electrons. The van der Waals surface area contributed by atoms with Crippen LogP contribution in [0.5, 0.6) is 0 Å². The van der Waals surface area contributed by atoms with E-state index in [4.69, 9.17) is 0 Å². The fourth-order valence-corrected chi connectivity index (χ4v) is 8.65. The van der Waals surface area contributed by atoms with Crippen LogP contribution >= 0.6 is 35.1 Å². The van der Waals surface area contributed by atoms with Gasteiger partial charge in [0.2, 0.25) is 7.00 Å². The Hall–Kier alpha value is 1.35. The second-order valence-electron chi connectivity index (χ2n) is 4.20. The van der Waals surface area contributed by atoms with Gasteiger partial charge in [0.1, 0.15) is 0 Å². The predicted molar refractivity (Wildman–Crippen MR) is 80.6 cm³/mol. The highest BCUT2D eigenvalue weighted by atomic mass is 32.7. The first kappa shape index (κ1) is 15.4. The Morgan fingerprint density at radius 1 is 1.14 bits per heavy atom. The summed E-state index contributed by atoms with van der Waals surface area (Å²) in [5, 5.41) is -0.334. The van der Waals surface area contributed by atoms with E-state index in [-0.39, 0.29) is 5.06 Å². The van der Waals surface area contributed by atoms with Crippen LogP contribution in [0.25, 0.3) is 0 Å². The van der Waals surface area contributed by atoms with Crippen molar-refractivity contribution < 1.29 is 9.13 Å². The molecule has 0 N–H and O–H groups in total. The van der Waals surface area contributed by atoms with Crippen molar-refractivity contribution >= 4 is 57.2 Å². The van der Waals surface area contributed by atoms with Gasteiger partial charge in [0.05, 0.1) is 12.3 Å². The van der Waals surface area contributed by atoms with Gasteiger partial charge in [0.25, 0.3) is 0 Å². The summed E-state index contributed by atoms with van der Waals surface area (Å²) in [4.78, 5) is 0. The van der Waals surface area contributed by atoms with Gasteiger partial charge in [-0.3, -0.25) is 0 Å². The maximum absolute atomic E-state index is 12.2.